The SMILES string of the molecule is C1=C(c2cccc(-c3nc(-c4ccccc4)cc(-n4c5ccccc5c5ccccc54)n3)c2)C(c2ccccc2)=C2c3ccccc3C=C(c3ccccc3)C12. The minimum Gasteiger partial charge on any atom is -0.294 e. The molecule has 2 aliphatic rings. The molecule has 0 fully saturated rings. The van der Waals surface area contributed by atoms with Gasteiger partial charge in [-0.15, -0.1) is 0 Å². The number of allylic oxidation sites excluding steroid dienone is 5. The molecule has 11 rings (SSSR count). The Kier molecular flexibility index (Phi) is 7.56. The summed E-state index contributed by atoms with van der Waals surface area (Å²) >= 11 is 0. The van der Waals surface area contributed by atoms with Crippen molar-refractivity contribution in [2.24, 2.45) is 5.92 Å². The fraction of sp³-hybridized carbons (Fsp3) is 0.0189. The van der Waals surface area contributed by atoms with E-state index >= 15 is 0 Å². The van der Waals surface area contributed by atoms with Gasteiger partial charge < -0.3 is 0 Å². The fourth-order valence-corrected chi connectivity index (χ4v) is 8.79. The van der Waals surface area contributed by atoms with Gasteiger partial charge in [-0.2, -0.15) is 0 Å². The number of benzene rings is 7. The van der Waals surface area contributed by atoms with Crippen LogP contribution >= 0.6 is 0 Å². The van der Waals surface area contributed by atoms with E-state index in [0.717, 1.165) is 39.2 Å². The Morgan fingerprint density at radius 3 is 1.73 bits per heavy atom. The summed E-state index contributed by atoms with van der Waals surface area (Å²) in [5.74, 6) is 1.62. The van der Waals surface area contributed by atoms with Gasteiger partial charge in [0.15, 0.2) is 5.82 Å². The zero-order valence-electron chi connectivity index (χ0n) is 30.5. The molecule has 0 saturated carbocycles. The second-order valence-corrected chi connectivity index (χ2v) is 14.5. The van der Waals surface area contributed by atoms with E-state index in [1.807, 2.05) is 6.07 Å². The van der Waals surface area contributed by atoms with Gasteiger partial charge in [-0.25, -0.2) is 9.97 Å². The normalized spacial score (nSPS) is 14.8. The Bertz CT molecular complexity index is 3010. The number of aromatic nitrogens is 3. The Balaban J connectivity index is 1.12. The minimum absolute atomic E-state index is 0.0979. The number of para-hydroxylation sites is 2. The van der Waals surface area contributed by atoms with Crippen molar-refractivity contribution in [1.29, 1.82) is 0 Å². The molecule has 9 aromatic rings. The zero-order chi connectivity index (χ0) is 37.0. The van der Waals surface area contributed by atoms with Gasteiger partial charge in [-0.1, -0.05) is 176 Å². The molecule has 0 radical (unpaired) electrons. The first-order chi connectivity index (χ1) is 27.8. The van der Waals surface area contributed by atoms with Gasteiger partial charge in [-0.3, -0.25) is 4.57 Å². The van der Waals surface area contributed by atoms with E-state index in [1.54, 1.807) is 0 Å². The van der Waals surface area contributed by atoms with E-state index in [0.29, 0.717) is 5.82 Å². The van der Waals surface area contributed by atoms with Crippen LogP contribution < -0.4 is 0 Å². The summed E-state index contributed by atoms with van der Waals surface area (Å²) in [5, 5.41) is 2.40. The Hall–Kier alpha value is -7.36. The quantitative estimate of drug-likeness (QED) is 0.172. The van der Waals surface area contributed by atoms with Crippen LogP contribution in [-0.2, 0) is 0 Å². The molecule has 262 valence electrons. The first-order valence-corrected chi connectivity index (χ1v) is 19.2. The molecule has 0 spiro atoms. The molecular formula is C53H35N3. The first kappa shape index (κ1) is 32.1. The highest BCUT2D eigenvalue weighted by Crippen LogP contribution is 2.55. The van der Waals surface area contributed by atoms with Gasteiger partial charge in [0.2, 0.25) is 0 Å². The summed E-state index contributed by atoms with van der Waals surface area (Å²) in [6, 6.07) is 69.1. The molecule has 56 heavy (non-hydrogen) atoms. The monoisotopic (exact) mass is 713 g/mol. The van der Waals surface area contributed by atoms with Crippen molar-refractivity contribution in [3.63, 3.8) is 0 Å². The van der Waals surface area contributed by atoms with E-state index in [4.69, 9.17) is 9.97 Å². The van der Waals surface area contributed by atoms with E-state index in [-0.39, 0.29) is 5.92 Å². The second kappa shape index (κ2) is 13.2. The van der Waals surface area contributed by atoms with Crippen LogP contribution in [0.15, 0.2) is 200 Å². The van der Waals surface area contributed by atoms with Crippen LogP contribution in [0.4, 0.5) is 0 Å². The van der Waals surface area contributed by atoms with Crippen LogP contribution in [0, 0.1) is 5.92 Å². The third-order valence-corrected chi connectivity index (χ3v) is 11.3. The second-order valence-electron chi connectivity index (χ2n) is 14.5. The maximum atomic E-state index is 5.38. The molecule has 2 aliphatic carbocycles. The Labute approximate surface area is 325 Å². The molecule has 0 N–H and O–H groups in total. The van der Waals surface area contributed by atoms with Crippen molar-refractivity contribution in [2.45, 2.75) is 0 Å². The predicted molar refractivity (Wildman–Crippen MR) is 233 cm³/mol. The van der Waals surface area contributed by atoms with Gasteiger partial charge in [0.25, 0.3) is 0 Å². The van der Waals surface area contributed by atoms with Crippen LogP contribution in [0.25, 0.3) is 78.6 Å². The zero-order valence-corrected chi connectivity index (χ0v) is 30.5. The van der Waals surface area contributed by atoms with E-state index in [2.05, 4.69) is 205 Å². The maximum absolute atomic E-state index is 5.38. The van der Waals surface area contributed by atoms with Crippen molar-refractivity contribution >= 4 is 50.2 Å². The molecule has 0 amide bonds. The fourth-order valence-electron chi connectivity index (χ4n) is 8.79. The largest absolute Gasteiger partial charge is 0.294 e. The highest BCUT2D eigenvalue weighted by Gasteiger charge is 2.35. The highest BCUT2D eigenvalue weighted by atomic mass is 15.1. The molecular weight excluding hydrogens is 679 g/mol. The topological polar surface area (TPSA) is 30.7 Å². The lowest BCUT2D eigenvalue weighted by atomic mass is 9.77. The van der Waals surface area contributed by atoms with Crippen molar-refractivity contribution in [2.75, 3.05) is 0 Å². The van der Waals surface area contributed by atoms with Crippen LogP contribution in [0.5, 0.6) is 0 Å². The van der Waals surface area contributed by atoms with Crippen molar-refractivity contribution < 1.29 is 0 Å². The van der Waals surface area contributed by atoms with Crippen LogP contribution in [0.2, 0.25) is 0 Å². The van der Waals surface area contributed by atoms with Gasteiger partial charge in [-0.05, 0) is 74.4 Å². The summed E-state index contributed by atoms with van der Waals surface area (Å²) in [5.41, 5.74) is 16.4. The summed E-state index contributed by atoms with van der Waals surface area (Å²) in [6.07, 6.45) is 4.87. The molecule has 0 aliphatic heterocycles. The first-order valence-electron chi connectivity index (χ1n) is 19.2. The van der Waals surface area contributed by atoms with Crippen molar-refractivity contribution in [3.05, 3.63) is 228 Å². The van der Waals surface area contributed by atoms with Crippen LogP contribution in [0.3, 0.4) is 0 Å². The lowest BCUT2D eigenvalue weighted by molar-refractivity contribution is 1.05. The molecule has 1 unspecified atom stereocenters. The Morgan fingerprint density at radius 2 is 1.02 bits per heavy atom. The summed E-state index contributed by atoms with van der Waals surface area (Å²) in [6.45, 7) is 0. The molecule has 2 heterocycles. The average Bonchev–Trinajstić information content (AvgIpc) is 3.85. The van der Waals surface area contributed by atoms with Gasteiger partial charge in [0, 0.05) is 33.9 Å². The molecule has 0 saturated heterocycles. The summed E-state index contributed by atoms with van der Waals surface area (Å²) < 4.78 is 2.28. The summed E-state index contributed by atoms with van der Waals surface area (Å²) in [4.78, 5) is 10.7. The summed E-state index contributed by atoms with van der Waals surface area (Å²) in [7, 11) is 0. The van der Waals surface area contributed by atoms with Gasteiger partial charge in [0.05, 0.1) is 16.7 Å². The molecule has 3 nitrogen and oxygen atoms in total. The van der Waals surface area contributed by atoms with Gasteiger partial charge >= 0.3 is 0 Å². The third-order valence-electron chi connectivity index (χ3n) is 11.3. The number of fused-ring (bicyclic) bond motifs is 6. The van der Waals surface area contributed by atoms with Crippen molar-refractivity contribution in [1.82, 2.24) is 14.5 Å². The Morgan fingerprint density at radius 1 is 0.446 bits per heavy atom. The number of hydrogen-bond donors (Lipinski definition) is 0. The van der Waals surface area contributed by atoms with E-state index in [9.17, 15) is 0 Å². The number of hydrogen-bond acceptors (Lipinski definition) is 2. The molecule has 0 bridgehead atoms. The van der Waals surface area contributed by atoms with Crippen LogP contribution in [0.1, 0.15) is 27.8 Å². The highest BCUT2D eigenvalue weighted by molar-refractivity contribution is 6.23. The number of rotatable bonds is 6. The van der Waals surface area contributed by atoms with Crippen LogP contribution in [-0.4, -0.2) is 14.5 Å². The lowest BCUT2D eigenvalue weighted by Crippen LogP contribution is -2.08. The van der Waals surface area contributed by atoms with E-state index < -0.39 is 0 Å². The molecule has 3 heteroatoms. The van der Waals surface area contributed by atoms with Crippen molar-refractivity contribution in [3.8, 4) is 28.5 Å². The number of nitrogens with zero attached hydrogens (tertiary/aromatic N) is 3. The minimum atomic E-state index is 0.0979. The molecule has 7 aromatic carbocycles. The van der Waals surface area contributed by atoms with E-state index in [1.165, 1.54) is 55.3 Å². The third kappa shape index (κ3) is 5.28. The molecule has 1 atom stereocenters. The maximum Gasteiger partial charge on any atom is 0.162 e. The average molecular weight is 714 g/mol. The van der Waals surface area contributed by atoms with Gasteiger partial charge in [0.1, 0.15) is 5.82 Å². The predicted octanol–water partition coefficient (Wildman–Crippen LogP) is 13.1. The standard InChI is InChI=1S/C53H35N3/c1-4-17-35(18-5-1)44-32-39-23-10-11-26-41(39)52-46(44)33-45(51(52)37-21-8-3-9-22-37)38-24-16-25-40(31-38)53-54-47(36-19-6-2-7-20-36)34-50(55-53)56-48-29-14-12-27-42(48)43-28-13-15-30-49(43)56/h1-34,46H. The lowest BCUT2D eigenvalue weighted by Gasteiger charge is -2.26. The smallest absolute Gasteiger partial charge is 0.162 e. The molecule has 2 aromatic heterocycles.